The van der Waals surface area contributed by atoms with Gasteiger partial charge < -0.3 is 15.2 Å². The molecule has 0 aliphatic rings. The molecular formula is C14H17N3O2. The normalized spacial score (nSPS) is 10.2. The summed E-state index contributed by atoms with van der Waals surface area (Å²) in [7, 11) is 1.62. The molecule has 2 N–H and O–H groups in total. The Balaban J connectivity index is 2.07. The van der Waals surface area contributed by atoms with E-state index in [9.17, 15) is 0 Å². The van der Waals surface area contributed by atoms with Crippen molar-refractivity contribution in [1.82, 2.24) is 9.97 Å². The molecule has 1 heterocycles. The Kier molecular flexibility index (Phi) is 4.69. The molecule has 1 aromatic carbocycles. The van der Waals surface area contributed by atoms with E-state index in [-0.39, 0.29) is 0 Å². The number of methoxy groups -OCH3 is 1. The Hall–Kier alpha value is -2.14. The SMILES string of the molecule is COc1cc(CCN)ccc1OCc1ccncn1. The van der Waals surface area contributed by atoms with Gasteiger partial charge in [-0.3, -0.25) is 0 Å². The summed E-state index contributed by atoms with van der Waals surface area (Å²) in [5.74, 6) is 1.40. The first-order chi connectivity index (χ1) is 9.33. The lowest BCUT2D eigenvalue weighted by atomic mass is 10.1. The molecule has 19 heavy (non-hydrogen) atoms. The van der Waals surface area contributed by atoms with E-state index in [2.05, 4.69) is 9.97 Å². The van der Waals surface area contributed by atoms with E-state index in [1.165, 1.54) is 6.33 Å². The minimum Gasteiger partial charge on any atom is -0.493 e. The van der Waals surface area contributed by atoms with Crippen LogP contribution in [0.25, 0.3) is 0 Å². The molecular weight excluding hydrogens is 242 g/mol. The Morgan fingerprint density at radius 2 is 2.11 bits per heavy atom. The van der Waals surface area contributed by atoms with Crippen molar-refractivity contribution in [3.63, 3.8) is 0 Å². The molecule has 5 heteroatoms. The van der Waals surface area contributed by atoms with Crippen LogP contribution in [0.4, 0.5) is 0 Å². The van der Waals surface area contributed by atoms with Gasteiger partial charge in [-0.1, -0.05) is 6.07 Å². The summed E-state index contributed by atoms with van der Waals surface area (Å²) in [6.45, 7) is 0.999. The van der Waals surface area contributed by atoms with E-state index < -0.39 is 0 Å². The number of ether oxygens (including phenoxy) is 2. The van der Waals surface area contributed by atoms with Gasteiger partial charge in [-0.05, 0) is 36.7 Å². The maximum atomic E-state index is 5.70. The molecule has 5 nitrogen and oxygen atoms in total. The van der Waals surface area contributed by atoms with Crippen molar-refractivity contribution in [2.45, 2.75) is 13.0 Å². The predicted octanol–water partition coefficient (Wildman–Crippen LogP) is 1.57. The number of benzene rings is 1. The molecule has 0 spiro atoms. The topological polar surface area (TPSA) is 70.3 Å². The van der Waals surface area contributed by atoms with Crippen LogP contribution >= 0.6 is 0 Å². The zero-order valence-electron chi connectivity index (χ0n) is 10.9. The molecule has 0 saturated carbocycles. The van der Waals surface area contributed by atoms with Crippen LogP contribution in [0.2, 0.25) is 0 Å². The summed E-state index contributed by atoms with van der Waals surface area (Å²) >= 11 is 0. The molecule has 0 radical (unpaired) electrons. The lowest BCUT2D eigenvalue weighted by molar-refractivity contribution is 0.280. The molecule has 2 rings (SSSR count). The van der Waals surface area contributed by atoms with Gasteiger partial charge in [0.2, 0.25) is 0 Å². The van der Waals surface area contributed by atoms with E-state index in [1.54, 1.807) is 13.3 Å². The first-order valence-corrected chi connectivity index (χ1v) is 6.08. The minimum absolute atomic E-state index is 0.384. The molecule has 0 amide bonds. The van der Waals surface area contributed by atoms with Crippen LogP contribution in [0.1, 0.15) is 11.3 Å². The highest BCUT2D eigenvalue weighted by Crippen LogP contribution is 2.28. The number of aromatic nitrogens is 2. The molecule has 0 saturated heterocycles. The molecule has 1 aromatic heterocycles. The van der Waals surface area contributed by atoms with Gasteiger partial charge in [0, 0.05) is 6.20 Å². The smallest absolute Gasteiger partial charge is 0.161 e. The van der Waals surface area contributed by atoms with Crippen molar-refractivity contribution in [3.05, 3.63) is 48.0 Å². The summed E-state index contributed by atoms with van der Waals surface area (Å²) in [6, 6.07) is 7.65. The van der Waals surface area contributed by atoms with E-state index >= 15 is 0 Å². The lowest BCUT2D eigenvalue weighted by Crippen LogP contribution is -2.04. The molecule has 0 aliphatic carbocycles. The molecule has 0 unspecified atom stereocenters. The Morgan fingerprint density at radius 3 is 2.79 bits per heavy atom. The Labute approximate surface area is 112 Å². The fraction of sp³-hybridized carbons (Fsp3) is 0.286. The predicted molar refractivity (Wildman–Crippen MR) is 72.1 cm³/mol. The second-order valence-corrected chi connectivity index (χ2v) is 4.01. The van der Waals surface area contributed by atoms with Gasteiger partial charge in [0.05, 0.1) is 12.8 Å². The number of hydrogen-bond donors (Lipinski definition) is 1. The second kappa shape index (κ2) is 6.70. The molecule has 0 atom stereocenters. The quantitative estimate of drug-likeness (QED) is 0.852. The maximum absolute atomic E-state index is 5.70. The maximum Gasteiger partial charge on any atom is 0.161 e. The third kappa shape index (κ3) is 3.66. The van der Waals surface area contributed by atoms with Crippen molar-refractivity contribution in [1.29, 1.82) is 0 Å². The van der Waals surface area contributed by atoms with Gasteiger partial charge in [0.15, 0.2) is 11.5 Å². The number of hydrogen-bond acceptors (Lipinski definition) is 5. The summed E-state index contributed by atoms with van der Waals surface area (Å²) in [5.41, 5.74) is 7.49. The second-order valence-electron chi connectivity index (χ2n) is 4.01. The van der Waals surface area contributed by atoms with Crippen LogP contribution in [0.15, 0.2) is 36.8 Å². The highest BCUT2D eigenvalue weighted by molar-refractivity contribution is 5.43. The van der Waals surface area contributed by atoms with Crippen LogP contribution in [-0.4, -0.2) is 23.6 Å². The molecule has 0 aliphatic heterocycles. The first-order valence-electron chi connectivity index (χ1n) is 6.08. The number of nitrogens with zero attached hydrogens (tertiary/aromatic N) is 2. The van der Waals surface area contributed by atoms with Gasteiger partial charge in [-0.15, -0.1) is 0 Å². The van der Waals surface area contributed by atoms with Gasteiger partial charge in [0.25, 0.3) is 0 Å². The third-order valence-corrected chi connectivity index (χ3v) is 2.68. The average molecular weight is 259 g/mol. The van der Waals surface area contributed by atoms with Crippen LogP contribution in [0.3, 0.4) is 0 Å². The Bertz CT molecular complexity index is 517. The standard InChI is InChI=1S/C14H17N3O2/c1-18-14-8-11(4-6-15)2-3-13(14)19-9-12-5-7-16-10-17-12/h2-3,5,7-8,10H,4,6,9,15H2,1H3. The lowest BCUT2D eigenvalue weighted by Gasteiger charge is -2.11. The summed E-state index contributed by atoms with van der Waals surface area (Å²) in [5, 5.41) is 0. The highest BCUT2D eigenvalue weighted by atomic mass is 16.5. The molecule has 0 fully saturated rings. The third-order valence-electron chi connectivity index (χ3n) is 2.68. The average Bonchev–Trinajstić information content (AvgIpc) is 2.47. The fourth-order valence-corrected chi connectivity index (χ4v) is 1.71. The van der Waals surface area contributed by atoms with Crippen LogP contribution in [0.5, 0.6) is 11.5 Å². The van der Waals surface area contributed by atoms with E-state index in [0.717, 1.165) is 17.7 Å². The van der Waals surface area contributed by atoms with Gasteiger partial charge >= 0.3 is 0 Å². The highest BCUT2D eigenvalue weighted by Gasteiger charge is 2.06. The van der Waals surface area contributed by atoms with Gasteiger partial charge in [0.1, 0.15) is 12.9 Å². The van der Waals surface area contributed by atoms with Crippen LogP contribution in [-0.2, 0) is 13.0 Å². The monoisotopic (exact) mass is 259 g/mol. The van der Waals surface area contributed by atoms with Crippen molar-refractivity contribution >= 4 is 0 Å². The zero-order valence-corrected chi connectivity index (χ0v) is 10.9. The van der Waals surface area contributed by atoms with E-state index in [4.69, 9.17) is 15.2 Å². The number of nitrogens with two attached hydrogens (primary N) is 1. The summed E-state index contributed by atoms with van der Waals surface area (Å²) < 4.78 is 11.0. The van der Waals surface area contributed by atoms with Crippen molar-refractivity contribution in [3.8, 4) is 11.5 Å². The van der Waals surface area contributed by atoms with Gasteiger partial charge in [-0.2, -0.15) is 0 Å². The fourth-order valence-electron chi connectivity index (χ4n) is 1.71. The number of rotatable bonds is 6. The summed E-state index contributed by atoms with van der Waals surface area (Å²) in [4.78, 5) is 7.97. The van der Waals surface area contributed by atoms with Crippen molar-refractivity contribution in [2.24, 2.45) is 5.73 Å². The minimum atomic E-state index is 0.384. The molecule has 2 aromatic rings. The van der Waals surface area contributed by atoms with Gasteiger partial charge in [-0.25, -0.2) is 9.97 Å². The molecule has 100 valence electrons. The van der Waals surface area contributed by atoms with E-state index in [1.807, 2.05) is 24.3 Å². The van der Waals surface area contributed by atoms with Crippen molar-refractivity contribution < 1.29 is 9.47 Å². The first kappa shape index (κ1) is 13.3. The van der Waals surface area contributed by atoms with Crippen molar-refractivity contribution in [2.75, 3.05) is 13.7 Å². The molecule has 0 bridgehead atoms. The van der Waals surface area contributed by atoms with E-state index in [0.29, 0.717) is 24.7 Å². The Morgan fingerprint density at radius 1 is 1.21 bits per heavy atom. The zero-order chi connectivity index (χ0) is 13.5. The largest absolute Gasteiger partial charge is 0.493 e. The van der Waals surface area contributed by atoms with Crippen LogP contribution in [0, 0.1) is 0 Å². The van der Waals surface area contributed by atoms with Crippen LogP contribution < -0.4 is 15.2 Å². The summed E-state index contributed by atoms with van der Waals surface area (Å²) in [6.07, 6.45) is 4.01.